The predicted octanol–water partition coefficient (Wildman–Crippen LogP) is 4.32. The summed E-state index contributed by atoms with van der Waals surface area (Å²) in [4.78, 5) is 0. The summed E-state index contributed by atoms with van der Waals surface area (Å²) in [5, 5.41) is 3.63. The molecule has 1 aromatic carbocycles. The molecule has 0 aromatic heterocycles. The molecule has 1 heteroatoms. The van der Waals surface area contributed by atoms with Gasteiger partial charge in [0.15, 0.2) is 0 Å². The van der Waals surface area contributed by atoms with Crippen molar-refractivity contribution in [3.63, 3.8) is 0 Å². The monoisotopic (exact) mass is 247 g/mol. The van der Waals surface area contributed by atoms with E-state index in [0.29, 0.717) is 6.04 Å². The summed E-state index contributed by atoms with van der Waals surface area (Å²) in [7, 11) is 0. The van der Waals surface area contributed by atoms with Crippen LogP contribution < -0.4 is 5.32 Å². The van der Waals surface area contributed by atoms with Crippen molar-refractivity contribution in [2.75, 3.05) is 6.54 Å². The molecule has 0 amide bonds. The van der Waals surface area contributed by atoms with Crippen LogP contribution in [-0.2, 0) is 6.42 Å². The SMILES string of the molecule is CCCCC(Cc1c(C)cc(C)cc1C)NCC. The van der Waals surface area contributed by atoms with Gasteiger partial charge in [0.1, 0.15) is 0 Å². The molecule has 0 saturated heterocycles. The van der Waals surface area contributed by atoms with E-state index < -0.39 is 0 Å². The second-order valence-electron chi connectivity index (χ2n) is 5.48. The molecule has 0 spiro atoms. The molecule has 18 heavy (non-hydrogen) atoms. The number of hydrogen-bond donors (Lipinski definition) is 1. The topological polar surface area (TPSA) is 12.0 Å². The third-order valence-electron chi connectivity index (χ3n) is 3.69. The van der Waals surface area contributed by atoms with Crippen molar-refractivity contribution in [1.29, 1.82) is 0 Å². The molecule has 1 atom stereocenters. The van der Waals surface area contributed by atoms with Crippen molar-refractivity contribution >= 4 is 0 Å². The van der Waals surface area contributed by atoms with E-state index in [2.05, 4.69) is 52.1 Å². The fourth-order valence-corrected chi connectivity index (χ4v) is 2.79. The lowest BCUT2D eigenvalue weighted by Gasteiger charge is -2.20. The highest BCUT2D eigenvalue weighted by molar-refractivity contribution is 5.38. The first-order valence-corrected chi connectivity index (χ1v) is 7.38. The van der Waals surface area contributed by atoms with E-state index in [1.807, 2.05) is 0 Å². The normalized spacial score (nSPS) is 12.7. The first kappa shape index (κ1) is 15.2. The van der Waals surface area contributed by atoms with Gasteiger partial charge in [0.05, 0.1) is 0 Å². The van der Waals surface area contributed by atoms with E-state index in [4.69, 9.17) is 0 Å². The smallest absolute Gasteiger partial charge is 0.0108 e. The van der Waals surface area contributed by atoms with Crippen LogP contribution in [0.5, 0.6) is 0 Å². The molecule has 1 nitrogen and oxygen atoms in total. The Bertz CT molecular complexity index is 345. The largest absolute Gasteiger partial charge is 0.314 e. The summed E-state index contributed by atoms with van der Waals surface area (Å²) in [6, 6.07) is 5.26. The lowest BCUT2D eigenvalue weighted by Crippen LogP contribution is -2.31. The summed E-state index contributed by atoms with van der Waals surface area (Å²) >= 11 is 0. The van der Waals surface area contributed by atoms with Crippen molar-refractivity contribution in [2.24, 2.45) is 0 Å². The predicted molar refractivity (Wildman–Crippen MR) is 81.3 cm³/mol. The fraction of sp³-hybridized carbons (Fsp3) is 0.647. The molecular formula is C17H29N. The first-order valence-electron chi connectivity index (χ1n) is 7.38. The van der Waals surface area contributed by atoms with Crippen molar-refractivity contribution in [2.45, 2.75) is 66.3 Å². The number of nitrogens with one attached hydrogen (secondary N) is 1. The number of benzene rings is 1. The Hall–Kier alpha value is -0.820. The van der Waals surface area contributed by atoms with Crippen molar-refractivity contribution < 1.29 is 0 Å². The quantitative estimate of drug-likeness (QED) is 0.756. The highest BCUT2D eigenvalue weighted by Crippen LogP contribution is 2.19. The van der Waals surface area contributed by atoms with Crippen LogP contribution in [0.1, 0.15) is 55.4 Å². The van der Waals surface area contributed by atoms with Crippen LogP contribution in [0.3, 0.4) is 0 Å². The molecule has 1 unspecified atom stereocenters. The highest BCUT2D eigenvalue weighted by Gasteiger charge is 2.11. The van der Waals surface area contributed by atoms with E-state index >= 15 is 0 Å². The van der Waals surface area contributed by atoms with Crippen molar-refractivity contribution in [1.82, 2.24) is 5.32 Å². The maximum atomic E-state index is 3.63. The second kappa shape index (κ2) is 7.58. The highest BCUT2D eigenvalue weighted by atomic mass is 14.9. The summed E-state index contributed by atoms with van der Waals surface area (Å²) < 4.78 is 0. The maximum Gasteiger partial charge on any atom is 0.0108 e. The van der Waals surface area contributed by atoms with Crippen LogP contribution in [0, 0.1) is 20.8 Å². The molecular weight excluding hydrogens is 218 g/mol. The second-order valence-corrected chi connectivity index (χ2v) is 5.48. The molecule has 1 N–H and O–H groups in total. The van der Waals surface area contributed by atoms with Crippen molar-refractivity contribution in [3.05, 3.63) is 34.4 Å². The Morgan fingerprint density at radius 2 is 1.67 bits per heavy atom. The fourth-order valence-electron chi connectivity index (χ4n) is 2.79. The van der Waals surface area contributed by atoms with Gasteiger partial charge in [-0.05, 0) is 56.8 Å². The molecule has 0 radical (unpaired) electrons. The van der Waals surface area contributed by atoms with Gasteiger partial charge < -0.3 is 5.32 Å². The third-order valence-corrected chi connectivity index (χ3v) is 3.69. The standard InChI is InChI=1S/C17H29N/c1-6-8-9-16(18-7-2)12-17-14(4)10-13(3)11-15(17)5/h10-11,16,18H,6-9,12H2,1-5H3. The maximum absolute atomic E-state index is 3.63. The minimum absolute atomic E-state index is 0.634. The van der Waals surface area contributed by atoms with Crippen LogP contribution in [0.4, 0.5) is 0 Å². The van der Waals surface area contributed by atoms with Gasteiger partial charge in [0.25, 0.3) is 0 Å². The molecule has 0 saturated carbocycles. The molecule has 0 aliphatic rings. The van der Waals surface area contributed by atoms with Crippen LogP contribution in [0.15, 0.2) is 12.1 Å². The van der Waals surface area contributed by atoms with Crippen LogP contribution in [0.25, 0.3) is 0 Å². The number of aryl methyl sites for hydroxylation is 3. The minimum atomic E-state index is 0.634. The lowest BCUT2D eigenvalue weighted by molar-refractivity contribution is 0.472. The summed E-state index contributed by atoms with van der Waals surface area (Å²) in [6.45, 7) is 12.2. The molecule has 102 valence electrons. The Morgan fingerprint density at radius 3 is 2.17 bits per heavy atom. The van der Waals surface area contributed by atoms with E-state index in [0.717, 1.165) is 6.54 Å². The molecule has 0 fully saturated rings. The van der Waals surface area contributed by atoms with Gasteiger partial charge in [-0.2, -0.15) is 0 Å². The van der Waals surface area contributed by atoms with Crippen LogP contribution >= 0.6 is 0 Å². The average Bonchev–Trinajstić information content (AvgIpc) is 2.30. The minimum Gasteiger partial charge on any atom is -0.314 e. The van der Waals surface area contributed by atoms with Gasteiger partial charge in [0.2, 0.25) is 0 Å². The van der Waals surface area contributed by atoms with Crippen molar-refractivity contribution in [3.8, 4) is 0 Å². The van der Waals surface area contributed by atoms with E-state index in [9.17, 15) is 0 Å². The van der Waals surface area contributed by atoms with Gasteiger partial charge in [0, 0.05) is 6.04 Å². The summed E-state index contributed by atoms with van der Waals surface area (Å²) in [5.41, 5.74) is 5.82. The lowest BCUT2D eigenvalue weighted by atomic mass is 9.92. The zero-order valence-electron chi connectivity index (χ0n) is 12.8. The zero-order chi connectivity index (χ0) is 13.5. The molecule has 0 aliphatic heterocycles. The van der Waals surface area contributed by atoms with Crippen LogP contribution in [-0.4, -0.2) is 12.6 Å². The third kappa shape index (κ3) is 4.45. The van der Waals surface area contributed by atoms with Gasteiger partial charge in [-0.25, -0.2) is 0 Å². The zero-order valence-corrected chi connectivity index (χ0v) is 12.8. The van der Waals surface area contributed by atoms with Gasteiger partial charge in [-0.3, -0.25) is 0 Å². The average molecular weight is 247 g/mol. The van der Waals surface area contributed by atoms with E-state index in [1.165, 1.54) is 42.4 Å². The summed E-state index contributed by atoms with van der Waals surface area (Å²) in [6.07, 6.45) is 5.07. The summed E-state index contributed by atoms with van der Waals surface area (Å²) in [5.74, 6) is 0. The van der Waals surface area contributed by atoms with Gasteiger partial charge in [-0.1, -0.05) is 44.4 Å². The van der Waals surface area contributed by atoms with E-state index in [1.54, 1.807) is 5.56 Å². The number of unbranched alkanes of at least 4 members (excludes halogenated alkanes) is 1. The van der Waals surface area contributed by atoms with Crippen LogP contribution in [0.2, 0.25) is 0 Å². The Labute approximate surface area is 113 Å². The van der Waals surface area contributed by atoms with Gasteiger partial charge in [-0.15, -0.1) is 0 Å². The molecule has 0 aliphatic carbocycles. The molecule has 1 rings (SSSR count). The molecule has 0 heterocycles. The van der Waals surface area contributed by atoms with Gasteiger partial charge >= 0.3 is 0 Å². The Kier molecular flexibility index (Phi) is 6.42. The Morgan fingerprint density at radius 1 is 1.06 bits per heavy atom. The number of hydrogen-bond acceptors (Lipinski definition) is 1. The number of rotatable bonds is 7. The Balaban J connectivity index is 2.79. The van der Waals surface area contributed by atoms with E-state index in [-0.39, 0.29) is 0 Å². The molecule has 1 aromatic rings. The molecule has 0 bridgehead atoms. The number of likely N-dealkylation sites (N-methyl/N-ethyl adjacent to an activating group) is 1. The first-order chi connectivity index (χ1) is 8.58.